The van der Waals surface area contributed by atoms with Crippen molar-refractivity contribution >= 4 is 29.8 Å². The van der Waals surface area contributed by atoms with Crippen LogP contribution < -0.4 is 0 Å². The van der Waals surface area contributed by atoms with E-state index < -0.39 is 29.8 Å². The number of carboxylic acids is 5. The topological polar surface area (TPSA) is 186 Å². The lowest BCUT2D eigenvalue weighted by molar-refractivity contribution is -0.138. The van der Waals surface area contributed by atoms with Gasteiger partial charge < -0.3 is 25.5 Å². The fourth-order valence-electron chi connectivity index (χ4n) is 20.8. The molecule has 20 atom stereocenters. The van der Waals surface area contributed by atoms with Gasteiger partial charge in [0.25, 0.3) is 0 Å². The molecule has 0 aromatic rings. The summed E-state index contributed by atoms with van der Waals surface area (Å²) in [4.78, 5) is 52.1. The van der Waals surface area contributed by atoms with Gasteiger partial charge in [0, 0.05) is 32.1 Å². The second-order valence-electron chi connectivity index (χ2n) is 39.7. The molecule has 0 saturated heterocycles. The Labute approximate surface area is 678 Å². The average molecular weight is 1540 g/mol. The molecule has 0 spiro atoms. The molecule has 640 valence electrons. The first kappa shape index (κ1) is 96.2. The van der Waals surface area contributed by atoms with Gasteiger partial charge in [-0.15, -0.1) is 0 Å². The molecule has 0 aromatic heterocycles. The monoisotopic (exact) mass is 1540 g/mol. The first-order valence-electron chi connectivity index (χ1n) is 49.6. The maximum absolute atomic E-state index is 10.4. The third-order valence-corrected chi connectivity index (χ3v) is 29.4. The summed E-state index contributed by atoms with van der Waals surface area (Å²) in [6, 6.07) is 0. The molecule has 10 heteroatoms. The molecule has 10 nitrogen and oxygen atoms in total. The largest absolute Gasteiger partial charge is 0.481 e. The van der Waals surface area contributed by atoms with E-state index in [1.807, 2.05) is 0 Å². The number of rotatable bonds is 70. The Morgan fingerprint density at radius 1 is 0.164 bits per heavy atom. The van der Waals surface area contributed by atoms with Crippen LogP contribution in [0.15, 0.2) is 0 Å². The van der Waals surface area contributed by atoms with Crippen molar-refractivity contribution in [2.75, 3.05) is 0 Å². The zero-order valence-electron chi connectivity index (χ0n) is 72.8. The van der Waals surface area contributed by atoms with Crippen LogP contribution in [0, 0.1) is 118 Å². The second kappa shape index (κ2) is 58.2. The zero-order valence-corrected chi connectivity index (χ0v) is 72.8. The van der Waals surface area contributed by atoms with Gasteiger partial charge in [-0.3, -0.25) is 24.0 Å². The van der Waals surface area contributed by atoms with Gasteiger partial charge in [-0.25, -0.2) is 0 Å². The number of hydrogen-bond acceptors (Lipinski definition) is 5. The van der Waals surface area contributed by atoms with E-state index in [-0.39, 0.29) is 0 Å². The molecule has 0 bridgehead atoms. The third-order valence-electron chi connectivity index (χ3n) is 29.4. The van der Waals surface area contributed by atoms with Crippen molar-refractivity contribution in [2.45, 2.75) is 484 Å². The van der Waals surface area contributed by atoms with Gasteiger partial charge in [-0.2, -0.15) is 0 Å². The van der Waals surface area contributed by atoms with Crippen LogP contribution in [0.5, 0.6) is 0 Å². The van der Waals surface area contributed by atoms with Gasteiger partial charge in [0.05, 0.1) is 0 Å². The molecule has 110 heavy (non-hydrogen) atoms. The number of unbranched alkanes of at least 4 members (excludes halogenated alkanes) is 30. The molecule has 10 rings (SSSR count). The summed E-state index contributed by atoms with van der Waals surface area (Å²) in [5.41, 5.74) is 0. The van der Waals surface area contributed by atoms with Gasteiger partial charge in [0.15, 0.2) is 0 Å². The van der Waals surface area contributed by atoms with E-state index in [1.165, 1.54) is 321 Å². The first-order valence-corrected chi connectivity index (χ1v) is 49.6. The number of carboxylic acid groups (broad SMARTS) is 5. The Kier molecular flexibility index (Phi) is 50.9. The highest BCUT2D eigenvalue weighted by molar-refractivity contribution is 5.67. The maximum atomic E-state index is 10.4. The Morgan fingerprint density at radius 2 is 0.273 bits per heavy atom. The lowest BCUT2D eigenvalue weighted by atomic mass is 10.0. The van der Waals surface area contributed by atoms with Crippen LogP contribution in [0.4, 0.5) is 0 Å². The molecular weight excluding hydrogens is 1360 g/mol. The standard InChI is InChI=1S/5C20H36O2/c5*1-2-3-7-10-16-13-18(16)15-19-14-17(19)11-8-5-4-6-9-12-20(21)22/h5*16-19H,2-15H2,1H3,(H,21,22)/t2*16?,17-,18+,19?;2*16?,17-,18-,19?;/m1010./s1. The van der Waals surface area contributed by atoms with Crippen LogP contribution in [0.25, 0.3) is 0 Å². The number of aliphatic carboxylic acids is 5. The summed E-state index contributed by atoms with van der Waals surface area (Å²) in [5.74, 6) is 18.4. The molecule has 0 radical (unpaired) electrons. The summed E-state index contributed by atoms with van der Waals surface area (Å²) >= 11 is 0. The fraction of sp³-hybridized carbons (Fsp3) is 0.950. The maximum Gasteiger partial charge on any atom is 0.303 e. The van der Waals surface area contributed by atoms with Crippen molar-refractivity contribution < 1.29 is 49.5 Å². The molecule has 10 aliphatic carbocycles. The van der Waals surface area contributed by atoms with Crippen molar-refractivity contribution in [3.8, 4) is 0 Å². The average Bonchev–Trinajstić information content (AvgIpc) is 1.67. The van der Waals surface area contributed by atoms with Gasteiger partial charge in [0.2, 0.25) is 0 Å². The molecule has 0 aliphatic heterocycles. The first-order chi connectivity index (χ1) is 53.5. The number of carbonyl (C=O) groups is 5. The predicted molar refractivity (Wildman–Crippen MR) is 460 cm³/mol. The molecule has 12 unspecified atom stereocenters. The molecule has 5 N–H and O–H groups in total. The van der Waals surface area contributed by atoms with E-state index in [1.54, 1.807) is 32.1 Å². The van der Waals surface area contributed by atoms with E-state index in [0.29, 0.717) is 32.1 Å². The molecule has 0 amide bonds. The molecule has 0 heterocycles. The van der Waals surface area contributed by atoms with Gasteiger partial charge in [0.1, 0.15) is 0 Å². The van der Waals surface area contributed by atoms with Crippen LogP contribution in [0.2, 0.25) is 0 Å². The van der Waals surface area contributed by atoms with Crippen LogP contribution in [0.3, 0.4) is 0 Å². The Balaban J connectivity index is 0.000000215. The third kappa shape index (κ3) is 49.4. The van der Waals surface area contributed by atoms with Crippen LogP contribution >= 0.6 is 0 Å². The molecule has 0 aromatic carbocycles. The molecule has 10 fully saturated rings. The van der Waals surface area contributed by atoms with E-state index in [9.17, 15) is 24.0 Å². The lowest BCUT2D eigenvalue weighted by Gasteiger charge is -2.02. The van der Waals surface area contributed by atoms with E-state index in [0.717, 1.165) is 183 Å². The molecular formula is C100H180O10. The van der Waals surface area contributed by atoms with Crippen molar-refractivity contribution in [1.82, 2.24) is 0 Å². The Bertz CT molecular complexity index is 2000. The second-order valence-corrected chi connectivity index (χ2v) is 39.7. The van der Waals surface area contributed by atoms with Gasteiger partial charge in [-0.1, -0.05) is 324 Å². The van der Waals surface area contributed by atoms with Crippen molar-refractivity contribution in [1.29, 1.82) is 0 Å². The van der Waals surface area contributed by atoms with E-state index >= 15 is 0 Å². The summed E-state index contributed by atoms with van der Waals surface area (Å²) in [6.07, 6.45) is 90.1. The highest BCUT2D eigenvalue weighted by Crippen LogP contribution is 2.59. The molecule has 10 saturated carbocycles. The quantitative estimate of drug-likeness (QED) is 0.0367. The van der Waals surface area contributed by atoms with Gasteiger partial charge >= 0.3 is 29.8 Å². The van der Waals surface area contributed by atoms with Crippen LogP contribution in [-0.2, 0) is 24.0 Å². The molecule has 10 aliphatic rings. The van der Waals surface area contributed by atoms with Crippen molar-refractivity contribution in [2.24, 2.45) is 118 Å². The summed E-state index contributed by atoms with van der Waals surface area (Å²) < 4.78 is 0. The fourth-order valence-corrected chi connectivity index (χ4v) is 20.8. The summed E-state index contributed by atoms with van der Waals surface area (Å²) in [5, 5.41) is 42.9. The van der Waals surface area contributed by atoms with E-state index in [4.69, 9.17) is 25.5 Å². The predicted octanol–water partition coefficient (Wildman–Crippen LogP) is 30.2. The minimum absolute atomic E-state index is 0.353. The summed E-state index contributed by atoms with van der Waals surface area (Å²) in [7, 11) is 0. The zero-order chi connectivity index (χ0) is 78.9. The minimum Gasteiger partial charge on any atom is -0.481 e. The van der Waals surface area contributed by atoms with Crippen molar-refractivity contribution in [3.05, 3.63) is 0 Å². The van der Waals surface area contributed by atoms with Crippen LogP contribution in [0.1, 0.15) is 484 Å². The highest BCUT2D eigenvalue weighted by Gasteiger charge is 2.49. The minimum atomic E-state index is -0.645. The number of hydrogen-bond donors (Lipinski definition) is 5. The Morgan fingerprint density at radius 3 is 0.391 bits per heavy atom. The normalized spacial score (nSPS) is 29.5. The summed E-state index contributed by atoms with van der Waals surface area (Å²) in [6.45, 7) is 11.5. The van der Waals surface area contributed by atoms with E-state index in [2.05, 4.69) is 34.6 Å². The lowest BCUT2D eigenvalue weighted by Crippen LogP contribution is -1.93. The Hall–Kier alpha value is -2.65. The SMILES string of the molecule is CCCCCC1CC1CC1CC1CCCCCCCC(=O)O.CCCCCC1C[C@@H]1CC1C[C@@H]1CCCCCCCC(=O)O.CCCCCC1C[C@@H]1CC1C[C@H]1CCCCCCCC(=O)O.CCCCCC1C[C@H]1CC1C[C@@H]1CCCCCCCC(=O)O.CCCCCC1C[C@H]1CC1C[C@H]1CCCCCCCC(=O)O. The smallest absolute Gasteiger partial charge is 0.303 e. The van der Waals surface area contributed by atoms with Crippen LogP contribution in [-0.4, -0.2) is 55.4 Å². The highest BCUT2D eigenvalue weighted by atomic mass is 16.4. The van der Waals surface area contributed by atoms with Gasteiger partial charge in [-0.05, 0) is 247 Å². The van der Waals surface area contributed by atoms with Crippen molar-refractivity contribution in [3.63, 3.8) is 0 Å².